The maximum absolute atomic E-state index is 13.2. The Morgan fingerprint density at radius 2 is 2.31 bits per heavy atom. The summed E-state index contributed by atoms with van der Waals surface area (Å²) in [4.78, 5) is 0. The molecule has 0 bridgehead atoms. The van der Waals surface area contributed by atoms with E-state index in [-0.39, 0.29) is 5.75 Å². The third-order valence-corrected chi connectivity index (χ3v) is 3.42. The molecule has 1 aromatic rings. The fraction of sp³-hybridized carbons (Fsp3) is 0.500. The summed E-state index contributed by atoms with van der Waals surface area (Å²) in [6, 6.07) is 2.70. The summed E-state index contributed by atoms with van der Waals surface area (Å²) in [7, 11) is 0. The summed E-state index contributed by atoms with van der Waals surface area (Å²) in [5.74, 6) is -0.458. The number of aromatic hydroxyl groups is 1. The second-order valence-corrected chi connectivity index (χ2v) is 4.68. The van der Waals surface area contributed by atoms with E-state index in [1.165, 1.54) is 12.1 Å². The van der Waals surface area contributed by atoms with Gasteiger partial charge in [0.2, 0.25) is 0 Å². The molecule has 16 heavy (non-hydrogen) atoms. The first kappa shape index (κ1) is 11.7. The normalized spacial score (nSPS) is 21.0. The largest absolute Gasteiger partial charge is 0.505 e. The van der Waals surface area contributed by atoms with E-state index < -0.39 is 5.82 Å². The highest BCUT2D eigenvalue weighted by atomic mass is 35.5. The smallest absolute Gasteiger partial charge is 0.165 e. The molecule has 0 saturated carbocycles. The van der Waals surface area contributed by atoms with E-state index in [0.29, 0.717) is 22.9 Å². The second-order valence-electron chi connectivity index (χ2n) is 4.27. The molecule has 1 atom stereocenters. The van der Waals surface area contributed by atoms with Gasteiger partial charge in [0.15, 0.2) is 11.6 Å². The van der Waals surface area contributed by atoms with E-state index in [1.54, 1.807) is 0 Å². The van der Waals surface area contributed by atoms with Crippen molar-refractivity contribution in [3.8, 4) is 5.75 Å². The highest BCUT2D eigenvalue weighted by Crippen LogP contribution is 2.31. The number of rotatable bonds is 2. The average molecular weight is 244 g/mol. The number of halogens is 2. The van der Waals surface area contributed by atoms with Crippen LogP contribution in [0, 0.1) is 11.7 Å². The molecule has 1 aromatic carbocycles. The van der Waals surface area contributed by atoms with Crippen LogP contribution in [0.3, 0.4) is 0 Å². The van der Waals surface area contributed by atoms with Crippen LogP contribution in [0.4, 0.5) is 4.39 Å². The third kappa shape index (κ3) is 2.47. The Labute approximate surface area is 99.4 Å². The minimum Gasteiger partial charge on any atom is -0.505 e. The Hall–Kier alpha value is -0.800. The highest BCUT2D eigenvalue weighted by Gasteiger charge is 2.18. The molecular weight excluding hydrogens is 229 g/mol. The molecule has 0 aliphatic carbocycles. The molecule has 1 aliphatic rings. The number of nitrogens with one attached hydrogen (secondary N) is 1. The molecule has 2 N–H and O–H groups in total. The lowest BCUT2D eigenvalue weighted by Gasteiger charge is -2.23. The monoisotopic (exact) mass is 243 g/mol. The predicted octanol–water partition coefficient (Wildman–Crippen LogP) is 2.73. The summed E-state index contributed by atoms with van der Waals surface area (Å²) >= 11 is 5.97. The second kappa shape index (κ2) is 5.02. The number of phenolic OH excluding ortho intramolecular Hbond substituents is 1. The first-order chi connectivity index (χ1) is 7.68. The summed E-state index contributed by atoms with van der Waals surface area (Å²) in [5.41, 5.74) is 0.537. The van der Waals surface area contributed by atoms with Gasteiger partial charge in [0.1, 0.15) is 0 Å². The van der Waals surface area contributed by atoms with Crippen molar-refractivity contribution in [3.05, 3.63) is 28.5 Å². The number of hydrogen-bond acceptors (Lipinski definition) is 2. The van der Waals surface area contributed by atoms with E-state index in [9.17, 15) is 9.50 Å². The number of benzene rings is 1. The van der Waals surface area contributed by atoms with E-state index in [1.807, 2.05) is 0 Å². The molecule has 0 spiro atoms. The topological polar surface area (TPSA) is 32.3 Å². The summed E-state index contributed by atoms with van der Waals surface area (Å²) in [6.45, 7) is 1.95. The van der Waals surface area contributed by atoms with Gasteiger partial charge in [0.05, 0.1) is 0 Å². The van der Waals surface area contributed by atoms with Crippen molar-refractivity contribution >= 4 is 11.6 Å². The molecule has 0 radical (unpaired) electrons. The van der Waals surface area contributed by atoms with Crippen molar-refractivity contribution in [3.63, 3.8) is 0 Å². The average Bonchev–Trinajstić information content (AvgIpc) is 2.31. The minimum absolute atomic E-state index is 0.293. The van der Waals surface area contributed by atoms with Crippen LogP contribution in [0.1, 0.15) is 18.4 Å². The van der Waals surface area contributed by atoms with Gasteiger partial charge in [0.25, 0.3) is 0 Å². The van der Waals surface area contributed by atoms with E-state index in [4.69, 9.17) is 11.6 Å². The Kier molecular flexibility index (Phi) is 3.66. The van der Waals surface area contributed by atoms with Gasteiger partial charge in [-0.3, -0.25) is 0 Å². The molecule has 4 heteroatoms. The van der Waals surface area contributed by atoms with Gasteiger partial charge >= 0.3 is 0 Å². The summed E-state index contributed by atoms with van der Waals surface area (Å²) in [5, 5.41) is 13.4. The first-order valence-corrected chi connectivity index (χ1v) is 5.93. The van der Waals surface area contributed by atoms with E-state index in [2.05, 4.69) is 5.32 Å². The van der Waals surface area contributed by atoms with Gasteiger partial charge in [-0.2, -0.15) is 0 Å². The van der Waals surface area contributed by atoms with Crippen LogP contribution in [-0.2, 0) is 6.42 Å². The number of piperidine rings is 1. The molecule has 0 amide bonds. The van der Waals surface area contributed by atoms with Crippen molar-refractivity contribution in [1.29, 1.82) is 0 Å². The predicted molar refractivity (Wildman–Crippen MR) is 62.4 cm³/mol. The Morgan fingerprint density at radius 3 is 3.00 bits per heavy atom. The zero-order chi connectivity index (χ0) is 11.5. The SMILES string of the molecule is Oc1c(F)ccc(Cl)c1CC1CCCNC1. The molecule has 1 fully saturated rings. The fourth-order valence-electron chi connectivity index (χ4n) is 2.16. The lowest BCUT2D eigenvalue weighted by Crippen LogP contribution is -2.30. The maximum atomic E-state index is 13.2. The van der Waals surface area contributed by atoms with Crippen LogP contribution in [0.25, 0.3) is 0 Å². The lowest BCUT2D eigenvalue weighted by molar-refractivity contribution is 0.365. The van der Waals surface area contributed by atoms with Crippen molar-refractivity contribution < 1.29 is 9.50 Å². The van der Waals surface area contributed by atoms with Crippen LogP contribution in [0.15, 0.2) is 12.1 Å². The summed E-state index contributed by atoms with van der Waals surface area (Å²) in [6.07, 6.45) is 2.85. The first-order valence-electron chi connectivity index (χ1n) is 5.55. The van der Waals surface area contributed by atoms with E-state index in [0.717, 1.165) is 25.9 Å². The van der Waals surface area contributed by atoms with Crippen molar-refractivity contribution in [2.75, 3.05) is 13.1 Å². The molecule has 1 unspecified atom stereocenters. The number of phenols is 1. The lowest BCUT2D eigenvalue weighted by atomic mass is 9.92. The Balaban J connectivity index is 2.16. The van der Waals surface area contributed by atoms with Crippen LogP contribution in [0.5, 0.6) is 5.75 Å². The Morgan fingerprint density at radius 1 is 1.50 bits per heavy atom. The van der Waals surface area contributed by atoms with Crippen LogP contribution < -0.4 is 5.32 Å². The maximum Gasteiger partial charge on any atom is 0.165 e. The summed E-state index contributed by atoms with van der Waals surface area (Å²) < 4.78 is 13.2. The molecule has 2 nitrogen and oxygen atoms in total. The zero-order valence-electron chi connectivity index (χ0n) is 8.97. The molecule has 88 valence electrons. The quantitative estimate of drug-likeness (QED) is 0.837. The zero-order valence-corrected chi connectivity index (χ0v) is 9.73. The van der Waals surface area contributed by atoms with Gasteiger partial charge in [-0.05, 0) is 50.4 Å². The van der Waals surface area contributed by atoms with Crippen LogP contribution in [-0.4, -0.2) is 18.2 Å². The third-order valence-electron chi connectivity index (χ3n) is 3.07. The molecular formula is C12H15ClFNO. The molecule has 0 aromatic heterocycles. The minimum atomic E-state index is -0.594. The van der Waals surface area contributed by atoms with Gasteiger partial charge in [-0.25, -0.2) is 4.39 Å². The van der Waals surface area contributed by atoms with Crippen LogP contribution >= 0.6 is 11.6 Å². The molecule has 1 heterocycles. The van der Waals surface area contributed by atoms with Crippen LogP contribution in [0.2, 0.25) is 5.02 Å². The molecule has 2 rings (SSSR count). The number of hydrogen-bond donors (Lipinski definition) is 2. The van der Waals surface area contributed by atoms with E-state index >= 15 is 0 Å². The van der Waals surface area contributed by atoms with Gasteiger partial charge < -0.3 is 10.4 Å². The molecule has 1 aliphatic heterocycles. The van der Waals surface area contributed by atoms with Gasteiger partial charge in [-0.1, -0.05) is 11.6 Å². The fourth-order valence-corrected chi connectivity index (χ4v) is 2.39. The van der Waals surface area contributed by atoms with Gasteiger partial charge in [-0.15, -0.1) is 0 Å². The standard InChI is InChI=1S/C12H15ClFNO/c13-10-3-4-11(14)12(16)9(10)6-8-2-1-5-15-7-8/h3-4,8,15-16H,1-2,5-7H2. The van der Waals surface area contributed by atoms with Crippen molar-refractivity contribution in [2.24, 2.45) is 5.92 Å². The highest BCUT2D eigenvalue weighted by molar-refractivity contribution is 6.31. The van der Waals surface area contributed by atoms with Gasteiger partial charge in [0, 0.05) is 10.6 Å². The van der Waals surface area contributed by atoms with Crippen molar-refractivity contribution in [2.45, 2.75) is 19.3 Å². The molecule has 1 saturated heterocycles. The van der Waals surface area contributed by atoms with Crippen molar-refractivity contribution in [1.82, 2.24) is 5.32 Å². The Bertz CT molecular complexity index is 378.